The zero-order valence-electron chi connectivity index (χ0n) is 15.0. The van der Waals surface area contributed by atoms with Crippen LogP contribution >= 0.6 is 0 Å². The van der Waals surface area contributed by atoms with Crippen LogP contribution in [0.3, 0.4) is 0 Å². The molecule has 0 bridgehead atoms. The Morgan fingerprint density at radius 2 is 2.04 bits per heavy atom. The summed E-state index contributed by atoms with van der Waals surface area (Å²) >= 11 is 0. The molecule has 2 amide bonds. The lowest BCUT2D eigenvalue weighted by Gasteiger charge is -2.45. The van der Waals surface area contributed by atoms with Crippen molar-refractivity contribution in [3.63, 3.8) is 0 Å². The number of amides is 2. The zero-order valence-corrected chi connectivity index (χ0v) is 15.0. The van der Waals surface area contributed by atoms with E-state index in [0.29, 0.717) is 12.0 Å². The number of hydrogen-bond donors (Lipinski definition) is 0. The molecule has 1 unspecified atom stereocenters. The first-order chi connectivity index (χ1) is 12.8. The van der Waals surface area contributed by atoms with Crippen molar-refractivity contribution < 1.29 is 23.1 Å². The predicted octanol–water partition coefficient (Wildman–Crippen LogP) is 3.17. The molecule has 0 saturated carbocycles. The van der Waals surface area contributed by atoms with Gasteiger partial charge in [-0.15, -0.1) is 0 Å². The van der Waals surface area contributed by atoms with E-state index < -0.39 is 31.0 Å². The first-order valence-corrected chi connectivity index (χ1v) is 8.95. The van der Waals surface area contributed by atoms with Crippen LogP contribution in [-0.4, -0.2) is 52.9 Å². The number of alkyl halides is 2. The number of likely N-dealkylation sites (tertiary alicyclic amines) is 2. The fraction of sp³-hybridized carbons (Fsp3) is 0.526. The van der Waals surface area contributed by atoms with Gasteiger partial charge in [0.05, 0.1) is 24.2 Å². The van der Waals surface area contributed by atoms with Gasteiger partial charge in [-0.25, -0.2) is 13.6 Å². The van der Waals surface area contributed by atoms with E-state index in [4.69, 9.17) is 10.00 Å². The van der Waals surface area contributed by atoms with Gasteiger partial charge < -0.3 is 9.64 Å². The highest BCUT2D eigenvalue weighted by Crippen LogP contribution is 2.33. The van der Waals surface area contributed by atoms with E-state index in [1.165, 1.54) is 29.2 Å². The maximum Gasteiger partial charge on any atom is 0.415 e. The molecule has 2 atom stereocenters. The van der Waals surface area contributed by atoms with E-state index in [9.17, 15) is 18.4 Å². The summed E-state index contributed by atoms with van der Waals surface area (Å²) in [7, 11) is 0. The Morgan fingerprint density at radius 1 is 1.33 bits per heavy atom. The van der Waals surface area contributed by atoms with Crippen molar-refractivity contribution in [1.29, 1.82) is 5.26 Å². The topological polar surface area (TPSA) is 73.6 Å². The number of halogens is 2. The highest BCUT2D eigenvalue weighted by Gasteiger charge is 2.46. The van der Waals surface area contributed by atoms with Gasteiger partial charge in [-0.3, -0.25) is 9.69 Å². The SMILES string of the molecule is C[C@@H]1CCCC(=O)N1C1CN(C(=O)Oc2ccc(C#N)cc2)CC(F)(F)C1. The van der Waals surface area contributed by atoms with Crippen molar-refractivity contribution in [2.24, 2.45) is 0 Å². The highest BCUT2D eigenvalue weighted by atomic mass is 19.3. The van der Waals surface area contributed by atoms with Crippen LogP contribution in [0, 0.1) is 11.3 Å². The molecule has 144 valence electrons. The van der Waals surface area contributed by atoms with Crippen LogP contribution in [0.15, 0.2) is 24.3 Å². The molecule has 2 aliphatic heterocycles. The third-order valence-electron chi connectivity index (χ3n) is 5.00. The maximum atomic E-state index is 14.3. The molecule has 2 heterocycles. The smallest absolute Gasteiger partial charge is 0.410 e. The average molecular weight is 377 g/mol. The maximum absolute atomic E-state index is 14.3. The number of ether oxygens (including phenoxy) is 1. The summed E-state index contributed by atoms with van der Waals surface area (Å²) in [6.07, 6.45) is 0.528. The summed E-state index contributed by atoms with van der Waals surface area (Å²) in [5.74, 6) is -3.06. The minimum atomic E-state index is -3.09. The molecule has 0 spiro atoms. The van der Waals surface area contributed by atoms with Crippen LogP contribution in [0.5, 0.6) is 5.75 Å². The van der Waals surface area contributed by atoms with E-state index in [-0.39, 0.29) is 24.2 Å². The summed E-state index contributed by atoms with van der Waals surface area (Å²) < 4.78 is 33.8. The summed E-state index contributed by atoms with van der Waals surface area (Å²) in [5, 5.41) is 8.79. The quantitative estimate of drug-likeness (QED) is 0.794. The third kappa shape index (κ3) is 4.35. The number of nitrogens with zero attached hydrogens (tertiary/aromatic N) is 3. The lowest BCUT2D eigenvalue weighted by Crippen LogP contribution is -2.60. The molecule has 6 nitrogen and oxygen atoms in total. The van der Waals surface area contributed by atoms with Crippen molar-refractivity contribution >= 4 is 12.0 Å². The van der Waals surface area contributed by atoms with Gasteiger partial charge >= 0.3 is 6.09 Å². The number of rotatable bonds is 2. The number of carbonyl (C=O) groups is 2. The van der Waals surface area contributed by atoms with E-state index >= 15 is 0 Å². The van der Waals surface area contributed by atoms with Crippen molar-refractivity contribution in [2.75, 3.05) is 13.1 Å². The van der Waals surface area contributed by atoms with Gasteiger partial charge in [-0.1, -0.05) is 0 Å². The minimum absolute atomic E-state index is 0.0147. The standard InChI is InChI=1S/C19H21F2N3O3/c1-13-3-2-4-17(25)24(13)15-9-19(20,21)12-23(11-15)18(26)27-16-7-5-14(10-22)6-8-16/h5-8,13,15H,2-4,9,11-12H2,1H3/t13-,15?/m1/s1. The fourth-order valence-corrected chi connectivity index (χ4v) is 3.79. The van der Waals surface area contributed by atoms with Gasteiger partial charge in [0.15, 0.2) is 0 Å². The molecular weight excluding hydrogens is 356 g/mol. The summed E-state index contributed by atoms with van der Waals surface area (Å²) in [6, 6.07) is 6.92. The Morgan fingerprint density at radius 3 is 2.67 bits per heavy atom. The van der Waals surface area contributed by atoms with Crippen LogP contribution in [0.4, 0.5) is 13.6 Å². The molecule has 27 heavy (non-hydrogen) atoms. The Hall–Kier alpha value is -2.69. The Balaban J connectivity index is 1.73. The zero-order chi connectivity index (χ0) is 19.6. The number of piperidine rings is 2. The lowest BCUT2D eigenvalue weighted by molar-refractivity contribution is -0.146. The molecule has 0 N–H and O–H groups in total. The molecular formula is C19H21F2N3O3. The molecule has 2 saturated heterocycles. The monoisotopic (exact) mass is 377 g/mol. The van der Waals surface area contributed by atoms with Crippen LogP contribution in [0.25, 0.3) is 0 Å². The van der Waals surface area contributed by atoms with Crippen molar-refractivity contribution in [3.8, 4) is 11.8 Å². The second-order valence-electron chi connectivity index (χ2n) is 7.14. The van der Waals surface area contributed by atoms with Crippen molar-refractivity contribution in [1.82, 2.24) is 9.80 Å². The molecule has 0 aliphatic carbocycles. The Labute approximate surface area is 156 Å². The van der Waals surface area contributed by atoms with Crippen LogP contribution in [0.2, 0.25) is 0 Å². The second kappa shape index (κ2) is 7.51. The highest BCUT2D eigenvalue weighted by molar-refractivity contribution is 5.78. The van der Waals surface area contributed by atoms with E-state index in [2.05, 4.69) is 0 Å². The van der Waals surface area contributed by atoms with Crippen molar-refractivity contribution in [2.45, 2.75) is 50.6 Å². The summed E-state index contributed by atoms with van der Waals surface area (Å²) in [5.41, 5.74) is 0.400. The normalized spacial score (nSPS) is 25.0. The fourth-order valence-electron chi connectivity index (χ4n) is 3.79. The van der Waals surface area contributed by atoms with E-state index in [1.54, 1.807) is 0 Å². The van der Waals surface area contributed by atoms with Gasteiger partial charge in [0.1, 0.15) is 5.75 Å². The van der Waals surface area contributed by atoms with E-state index in [1.807, 2.05) is 13.0 Å². The largest absolute Gasteiger partial charge is 0.415 e. The molecule has 8 heteroatoms. The predicted molar refractivity (Wildman–Crippen MR) is 92.3 cm³/mol. The number of nitriles is 1. The third-order valence-corrected chi connectivity index (χ3v) is 5.00. The van der Waals surface area contributed by atoms with E-state index in [0.717, 1.165) is 17.7 Å². The number of hydrogen-bond acceptors (Lipinski definition) is 4. The van der Waals surface area contributed by atoms with Crippen molar-refractivity contribution in [3.05, 3.63) is 29.8 Å². The Kier molecular flexibility index (Phi) is 5.31. The summed E-state index contributed by atoms with van der Waals surface area (Å²) in [6.45, 7) is 1.12. The molecule has 2 aliphatic rings. The molecule has 1 aromatic carbocycles. The van der Waals surface area contributed by atoms with Gasteiger partial charge in [0.2, 0.25) is 5.91 Å². The second-order valence-corrected chi connectivity index (χ2v) is 7.14. The summed E-state index contributed by atoms with van der Waals surface area (Å²) in [4.78, 5) is 27.1. The van der Waals surface area contributed by atoms with Gasteiger partial charge in [-0.2, -0.15) is 5.26 Å². The molecule has 2 fully saturated rings. The van der Waals surface area contributed by atoms with Gasteiger partial charge in [-0.05, 0) is 44.0 Å². The molecule has 0 aromatic heterocycles. The molecule has 1 aromatic rings. The number of benzene rings is 1. The number of carbonyl (C=O) groups excluding carboxylic acids is 2. The molecule has 0 radical (unpaired) electrons. The Bertz CT molecular complexity index is 760. The van der Waals surface area contributed by atoms with Crippen LogP contribution < -0.4 is 4.74 Å². The van der Waals surface area contributed by atoms with Gasteiger partial charge in [0.25, 0.3) is 5.92 Å². The minimum Gasteiger partial charge on any atom is -0.410 e. The molecule has 3 rings (SSSR count). The lowest BCUT2D eigenvalue weighted by atomic mass is 9.94. The van der Waals surface area contributed by atoms with Crippen LogP contribution in [-0.2, 0) is 4.79 Å². The first-order valence-electron chi connectivity index (χ1n) is 8.95. The average Bonchev–Trinajstić information content (AvgIpc) is 2.61. The van der Waals surface area contributed by atoms with Crippen LogP contribution in [0.1, 0.15) is 38.2 Å². The van der Waals surface area contributed by atoms with Gasteiger partial charge in [0, 0.05) is 25.4 Å². The first kappa shape index (κ1) is 19.1.